The van der Waals surface area contributed by atoms with Crippen LogP contribution in [0.3, 0.4) is 0 Å². The van der Waals surface area contributed by atoms with Crippen LogP contribution < -0.4 is 10.9 Å². The standard InChI is InChI=1S/C21H17BrF2N2O3/c22-13-3-4-19-12(6-13)7-18(20(27)25-11-17-2-1-5-28-17)21(29-19)26-16-9-14(23)8-15(24)10-16/h3-4,6-10,17H,1-2,5,11H2,(H,25,27)/t17-/m0/s1. The molecule has 0 radical (unpaired) electrons. The molecule has 4 rings (SSSR count). The lowest BCUT2D eigenvalue weighted by atomic mass is 10.1. The number of halogens is 3. The molecular weight excluding hydrogens is 446 g/mol. The van der Waals surface area contributed by atoms with Crippen molar-refractivity contribution in [2.45, 2.75) is 18.9 Å². The summed E-state index contributed by atoms with van der Waals surface area (Å²) in [5.74, 6) is -1.93. The highest BCUT2D eigenvalue weighted by Crippen LogP contribution is 2.21. The summed E-state index contributed by atoms with van der Waals surface area (Å²) < 4.78 is 39.3. The Kier molecular flexibility index (Phi) is 5.73. The third-order valence-corrected chi connectivity index (χ3v) is 5.04. The number of nitrogens with zero attached hydrogens (tertiary/aromatic N) is 1. The van der Waals surface area contributed by atoms with Gasteiger partial charge in [-0.05, 0) is 49.2 Å². The predicted molar refractivity (Wildman–Crippen MR) is 107 cm³/mol. The molecule has 1 aliphatic heterocycles. The molecule has 3 aromatic rings. The van der Waals surface area contributed by atoms with Crippen LogP contribution in [0.25, 0.3) is 11.0 Å². The minimum Gasteiger partial charge on any atom is -0.438 e. The molecule has 2 heterocycles. The zero-order valence-electron chi connectivity index (χ0n) is 15.3. The molecule has 1 saturated heterocycles. The molecule has 1 amide bonds. The number of hydrogen-bond donors (Lipinski definition) is 1. The molecule has 1 aliphatic rings. The van der Waals surface area contributed by atoms with E-state index in [2.05, 4.69) is 26.2 Å². The number of carbonyl (C=O) groups excluding carboxylic acids is 1. The maximum Gasteiger partial charge on any atom is 0.256 e. The van der Waals surface area contributed by atoms with Crippen molar-refractivity contribution in [1.82, 2.24) is 5.32 Å². The first-order chi connectivity index (χ1) is 14.0. The summed E-state index contributed by atoms with van der Waals surface area (Å²) in [6.45, 7) is 1.05. The third kappa shape index (κ3) is 4.71. The van der Waals surface area contributed by atoms with Gasteiger partial charge in [0.15, 0.2) is 0 Å². The average Bonchev–Trinajstić information content (AvgIpc) is 3.18. The largest absolute Gasteiger partial charge is 0.438 e. The van der Waals surface area contributed by atoms with Gasteiger partial charge in [-0.2, -0.15) is 0 Å². The molecular formula is C21H17BrF2N2O3. The number of benzene rings is 2. The lowest BCUT2D eigenvalue weighted by Gasteiger charge is -2.11. The number of nitrogens with one attached hydrogen (secondary N) is 1. The van der Waals surface area contributed by atoms with Gasteiger partial charge in [-0.15, -0.1) is 0 Å². The van der Waals surface area contributed by atoms with Gasteiger partial charge in [-0.3, -0.25) is 4.79 Å². The third-order valence-electron chi connectivity index (χ3n) is 4.55. The van der Waals surface area contributed by atoms with E-state index >= 15 is 0 Å². The van der Waals surface area contributed by atoms with Crippen LogP contribution in [0.5, 0.6) is 0 Å². The van der Waals surface area contributed by atoms with Gasteiger partial charge in [0.25, 0.3) is 5.91 Å². The van der Waals surface area contributed by atoms with Gasteiger partial charge < -0.3 is 14.5 Å². The quantitative estimate of drug-likeness (QED) is 0.615. The normalized spacial score (nSPS) is 17.1. The Morgan fingerprint density at radius 1 is 1.17 bits per heavy atom. The summed E-state index contributed by atoms with van der Waals surface area (Å²) in [6, 6.07) is 9.84. The minimum atomic E-state index is -0.766. The number of carbonyl (C=O) groups is 1. The van der Waals surface area contributed by atoms with Crippen LogP contribution in [0.4, 0.5) is 14.5 Å². The van der Waals surface area contributed by atoms with E-state index in [0.29, 0.717) is 24.1 Å². The van der Waals surface area contributed by atoms with Crippen LogP contribution >= 0.6 is 15.9 Å². The highest BCUT2D eigenvalue weighted by atomic mass is 79.9. The maximum atomic E-state index is 13.6. The molecule has 2 aromatic carbocycles. The SMILES string of the molecule is O=C(NC[C@@H]1CCCO1)c1cc2cc(Br)ccc2oc1=Nc1cc(F)cc(F)c1. The van der Waals surface area contributed by atoms with Crippen molar-refractivity contribution in [1.29, 1.82) is 0 Å². The highest BCUT2D eigenvalue weighted by molar-refractivity contribution is 9.10. The molecule has 0 aliphatic carbocycles. The lowest BCUT2D eigenvalue weighted by molar-refractivity contribution is 0.0854. The first-order valence-corrected chi connectivity index (χ1v) is 9.91. The molecule has 0 saturated carbocycles. The topological polar surface area (TPSA) is 63.8 Å². The second kappa shape index (κ2) is 8.42. The average molecular weight is 463 g/mol. The summed E-state index contributed by atoms with van der Waals surface area (Å²) in [4.78, 5) is 17.0. The second-order valence-electron chi connectivity index (χ2n) is 6.73. The number of amides is 1. The molecule has 29 heavy (non-hydrogen) atoms. The van der Waals surface area contributed by atoms with E-state index in [1.165, 1.54) is 0 Å². The number of hydrogen-bond acceptors (Lipinski definition) is 4. The molecule has 0 unspecified atom stereocenters. The maximum absolute atomic E-state index is 13.6. The van der Waals surface area contributed by atoms with Crippen LogP contribution in [-0.4, -0.2) is 25.2 Å². The van der Waals surface area contributed by atoms with Gasteiger partial charge in [-0.25, -0.2) is 13.8 Å². The molecule has 1 fully saturated rings. The van der Waals surface area contributed by atoms with Gasteiger partial charge in [0.05, 0.1) is 11.8 Å². The van der Waals surface area contributed by atoms with Crippen molar-refractivity contribution < 1.29 is 22.7 Å². The molecule has 150 valence electrons. The fourth-order valence-corrected chi connectivity index (χ4v) is 3.55. The molecule has 1 N–H and O–H groups in total. The molecule has 8 heteroatoms. The van der Waals surface area contributed by atoms with E-state index < -0.39 is 17.5 Å². The summed E-state index contributed by atoms with van der Waals surface area (Å²) in [5.41, 5.74) is 0.628. The van der Waals surface area contributed by atoms with Crippen LogP contribution in [0.2, 0.25) is 0 Å². The van der Waals surface area contributed by atoms with Gasteiger partial charge in [0.2, 0.25) is 5.55 Å². The van der Waals surface area contributed by atoms with Gasteiger partial charge >= 0.3 is 0 Å². The van der Waals surface area contributed by atoms with Crippen molar-refractivity contribution in [2.24, 2.45) is 4.99 Å². The Bertz CT molecular complexity index is 1120. The Morgan fingerprint density at radius 2 is 1.97 bits per heavy atom. The molecule has 0 bridgehead atoms. The lowest BCUT2D eigenvalue weighted by Crippen LogP contribution is -2.34. The smallest absolute Gasteiger partial charge is 0.256 e. The minimum absolute atomic E-state index is 0.0101. The van der Waals surface area contributed by atoms with Crippen molar-refractivity contribution in [3.05, 3.63) is 69.7 Å². The van der Waals surface area contributed by atoms with Gasteiger partial charge in [-0.1, -0.05) is 15.9 Å². The summed E-state index contributed by atoms with van der Waals surface area (Å²) in [6.07, 6.45) is 1.82. The number of ether oxygens (including phenoxy) is 1. The van der Waals surface area contributed by atoms with E-state index in [0.717, 1.165) is 35.5 Å². The monoisotopic (exact) mass is 462 g/mol. The van der Waals surface area contributed by atoms with Gasteiger partial charge in [0, 0.05) is 29.1 Å². The Balaban J connectivity index is 1.77. The van der Waals surface area contributed by atoms with Crippen LogP contribution in [-0.2, 0) is 4.74 Å². The number of fused-ring (bicyclic) bond motifs is 1. The summed E-state index contributed by atoms with van der Waals surface area (Å²) in [5, 5.41) is 3.51. The Hall–Kier alpha value is -2.58. The van der Waals surface area contributed by atoms with E-state index in [4.69, 9.17) is 9.15 Å². The Morgan fingerprint density at radius 3 is 2.69 bits per heavy atom. The molecule has 0 spiro atoms. The highest BCUT2D eigenvalue weighted by Gasteiger charge is 2.18. The fourth-order valence-electron chi connectivity index (χ4n) is 3.18. The second-order valence-corrected chi connectivity index (χ2v) is 7.65. The first-order valence-electron chi connectivity index (χ1n) is 9.12. The molecule has 1 atom stereocenters. The van der Waals surface area contributed by atoms with E-state index in [-0.39, 0.29) is 22.9 Å². The zero-order valence-corrected chi connectivity index (χ0v) is 16.8. The fraction of sp³-hybridized carbons (Fsp3) is 0.238. The van der Waals surface area contributed by atoms with E-state index in [1.54, 1.807) is 24.3 Å². The van der Waals surface area contributed by atoms with Crippen molar-refractivity contribution >= 4 is 38.5 Å². The summed E-state index contributed by atoms with van der Waals surface area (Å²) in [7, 11) is 0. The van der Waals surface area contributed by atoms with Crippen LogP contribution in [0.1, 0.15) is 23.2 Å². The van der Waals surface area contributed by atoms with Crippen molar-refractivity contribution in [2.75, 3.05) is 13.2 Å². The van der Waals surface area contributed by atoms with Crippen molar-refractivity contribution in [3.8, 4) is 0 Å². The van der Waals surface area contributed by atoms with Crippen LogP contribution in [0.15, 0.2) is 56.3 Å². The predicted octanol–water partition coefficient (Wildman–Crippen LogP) is 4.61. The molecule has 1 aromatic heterocycles. The van der Waals surface area contributed by atoms with Crippen LogP contribution in [0, 0.1) is 11.6 Å². The van der Waals surface area contributed by atoms with E-state index in [9.17, 15) is 13.6 Å². The van der Waals surface area contributed by atoms with Gasteiger partial charge in [0.1, 0.15) is 22.8 Å². The van der Waals surface area contributed by atoms with Crippen molar-refractivity contribution in [3.63, 3.8) is 0 Å². The zero-order chi connectivity index (χ0) is 20.4. The number of rotatable bonds is 4. The summed E-state index contributed by atoms with van der Waals surface area (Å²) >= 11 is 3.39. The first kappa shape index (κ1) is 19.7. The Labute approximate surface area is 173 Å². The van der Waals surface area contributed by atoms with E-state index in [1.807, 2.05) is 0 Å². The molecule has 5 nitrogen and oxygen atoms in total.